The fraction of sp³-hybridized carbons (Fsp3) is 0.0769. The van der Waals surface area contributed by atoms with Gasteiger partial charge in [0.25, 0.3) is 0 Å². The molecule has 0 saturated heterocycles. The summed E-state index contributed by atoms with van der Waals surface area (Å²) < 4.78 is 4.89. The molecule has 57 heavy (non-hydrogen) atoms. The van der Waals surface area contributed by atoms with Crippen molar-refractivity contribution in [2.24, 2.45) is 0 Å². The van der Waals surface area contributed by atoms with E-state index in [2.05, 4.69) is 172 Å². The molecule has 4 heterocycles. The summed E-state index contributed by atoms with van der Waals surface area (Å²) in [5.41, 5.74) is 16.3. The largest absolute Gasteiger partial charge is 0.333 e. The minimum atomic E-state index is 0.229. The molecule has 0 N–H and O–H groups in total. The van der Waals surface area contributed by atoms with Gasteiger partial charge in [-0.25, -0.2) is 0 Å². The molecule has 5 heteroatoms. The quantitative estimate of drug-likeness (QED) is 0.177. The fourth-order valence-electron chi connectivity index (χ4n) is 9.75. The summed E-state index contributed by atoms with van der Waals surface area (Å²) in [7, 11) is 0. The fourth-order valence-corrected chi connectivity index (χ4v) is 9.75. The van der Waals surface area contributed by atoms with Crippen molar-refractivity contribution >= 4 is 50.2 Å². The number of benzene rings is 6. The predicted octanol–water partition coefficient (Wildman–Crippen LogP) is 12.5. The van der Waals surface area contributed by atoms with Crippen LogP contribution >= 0.6 is 0 Å². The first-order valence-corrected chi connectivity index (χ1v) is 19.9. The second-order valence-corrected chi connectivity index (χ2v) is 15.3. The van der Waals surface area contributed by atoms with Crippen molar-refractivity contribution in [3.8, 4) is 33.9 Å². The number of para-hydroxylation sites is 2. The number of fused-ring (bicyclic) bond motifs is 9. The summed E-state index contributed by atoms with van der Waals surface area (Å²) in [4.78, 5) is 12.1. The van der Waals surface area contributed by atoms with Crippen molar-refractivity contribution in [2.75, 3.05) is 4.90 Å². The molecule has 9 aromatic rings. The molecule has 0 radical (unpaired) electrons. The highest BCUT2D eigenvalue weighted by Crippen LogP contribution is 2.49. The first-order valence-electron chi connectivity index (χ1n) is 19.9. The van der Waals surface area contributed by atoms with Crippen LogP contribution in [-0.2, 0) is 6.42 Å². The average molecular weight is 732 g/mol. The molecule has 0 spiro atoms. The molecular formula is C52H37N5. The van der Waals surface area contributed by atoms with Crippen LogP contribution in [-0.4, -0.2) is 25.1 Å². The number of allylic oxidation sites excluding steroid dienone is 3. The van der Waals surface area contributed by atoms with Crippen LogP contribution in [0.4, 0.5) is 11.4 Å². The molecule has 2 atom stereocenters. The van der Waals surface area contributed by atoms with E-state index >= 15 is 0 Å². The van der Waals surface area contributed by atoms with Crippen LogP contribution in [0.3, 0.4) is 0 Å². The summed E-state index contributed by atoms with van der Waals surface area (Å²) in [6, 6.07) is 51.2. The molecular weight excluding hydrogens is 695 g/mol. The monoisotopic (exact) mass is 731 g/mol. The summed E-state index contributed by atoms with van der Waals surface area (Å²) in [6.07, 6.45) is 19.4. The van der Waals surface area contributed by atoms with Gasteiger partial charge in [0.05, 0.1) is 34.0 Å². The third-order valence-corrected chi connectivity index (χ3v) is 12.2. The van der Waals surface area contributed by atoms with Crippen LogP contribution < -0.4 is 4.90 Å². The zero-order valence-electron chi connectivity index (χ0n) is 31.2. The third-order valence-electron chi connectivity index (χ3n) is 12.2. The van der Waals surface area contributed by atoms with Crippen LogP contribution in [0.1, 0.15) is 29.2 Å². The Balaban J connectivity index is 1.06. The third kappa shape index (κ3) is 4.88. The van der Waals surface area contributed by atoms with Gasteiger partial charge in [0, 0.05) is 74.0 Å². The standard InChI is InChI=1S/C52H37N5/c1-2-12-34(13-3-1)51-52(54-31-30-53-51)35-22-24-36(25-23-35)55-49-28-26-37(56-45-18-8-4-14-39(45)40-15-5-9-19-46(40)56)32-43(49)44-33-38(27-29-50(44)55)57-47-20-10-6-16-41(47)42-17-7-11-21-48(42)57/h1-6,8-16,18-33,39,45H,7,17H2. The smallest absolute Gasteiger partial charge is 0.0965 e. The van der Waals surface area contributed by atoms with E-state index in [9.17, 15) is 0 Å². The van der Waals surface area contributed by atoms with Crippen molar-refractivity contribution in [1.29, 1.82) is 0 Å². The maximum absolute atomic E-state index is 4.81. The number of hydrogen-bond donors (Lipinski definition) is 0. The lowest BCUT2D eigenvalue weighted by atomic mass is 9.91. The van der Waals surface area contributed by atoms with Gasteiger partial charge in [-0.05, 0) is 90.7 Å². The molecule has 3 aliphatic rings. The zero-order valence-corrected chi connectivity index (χ0v) is 31.2. The van der Waals surface area contributed by atoms with Crippen molar-refractivity contribution in [3.63, 3.8) is 0 Å². The first kappa shape index (κ1) is 32.0. The maximum atomic E-state index is 4.81. The second kappa shape index (κ2) is 12.7. The topological polar surface area (TPSA) is 38.9 Å². The van der Waals surface area contributed by atoms with E-state index in [-0.39, 0.29) is 6.04 Å². The minimum absolute atomic E-state index is 0.229. The van der Waals surface area contributed by atoms with Gasteiger partial charge in [0.1, 0.15) is 0 Å². The predicted molar refractivity (Wildman–Crippen MR) is 235 cm³/mol. The summed E-state index contributed by atoms with van der Waals surface area (Å²) >= 11 is 0. The Morgan fingerprint density at radius 3 is 2.00 bits per heavy atom. The van der Waals surface area contributed by atoms with Crippen LogP contribution in [0, 0.1) is 0 Å². The first-order chi connectivity index (χ1) is 28.3. The molecule has 0 saturated carbocycles. The SMILES string of the molecule is C1=CC2c3ccccc3N(c3ccc4c(c3)c3cc(-n5c6c(c7ccccc75)CCC=C6)ccc3n4-c3ccc(-c4nccnc4-c4ccccc4)cc3)C2C=C1. The van der Waals surface area contributed by atoms with Gasteiger partial charge >= 0.3 is 0 Å². The molecule has 3 aromatic heterocycles. The van der Waals surface area contributed by atoms with E-state index in [0.29, 0.717) is 5.92 Å². The Morgan fingerprint density at radius 2 is 1.18 bits per heavy atom. The van der Waals surface area contributed by atoms with Crippen LogP contribution in [0.15, 0.2) is 182 Å². The van der Waals surface area contributed by atoms with Crippen LogP contribution in [0.2, 0.25) is 0 Å². The van der Waals surface area contributed by atoms with Crippen molar-refractivity contribution < 1.29 is 0 Å². The lowest BCUT2D eigenvalue weighted by Crippen LogP contribution is -2.28. The van der Waals surface area contributed by atoms with Gasteiger partial charge in [-0.2, -0.15) is 0 Å². The number of aryl methyl sites for hydroxylation is 1. The van der Waals surface area contributed by atoms with E-state index in [1.165, 1.54) is 66.6 Å². The van der Waals surface area contributed by atoms with Gasteiger partial charge in [-0.3, -0.25) is 9.97 Å². The van der Waals surface area contributed by atoms with Gasteiger partial charge in [-0.1, -0.05) is 109 Å². The highest BCUT2D eigenvalue weighted by molar-refractivity contribution is 6.11. The van der Waals surface area contributed by atoms with Crippen LogP contribution in [0.5, 0.6) is 0 Å². The minimum Gasteiger partial charge on any atom is -0.333 e. The van der Waals surface area contributed by atoms with E-state index in [1.807, 2.05) is 18.2 Å². The molecule has 0 fully saturated rings. The van der Waals surface area contributed by atoms with Gasteiger partial charge in [0.2, 0.25) is 0 Å². The number of hydrogen-bond acceptors (Lipinski definition) is 3. The summed E-state index contributed by atoms with van der Waals surface area (Å²) in [6.45, 7) is 0. The lowest BCUT2D eigenvalue weighted by molar-refractivity contribution is 0.745. The van der Waals surface area contributed by atoms with Gasteiger partial charge < -0.3 is 14.0 Å². The average Bonchev–Trinajstić information content (AvgIpc) is 3.92. The van der Waals surface area contributed by atoms with Crippen molar-refractivity contribution in [3.05, 3.63) is 199 Å². The van der Waals surface area contributed by atoms with E-state index in [1.54, 1.807) is 12.4 Å². The Hall–Kier alpha value is -7.24. The normalized spacial score (nSPS) is 16.7. The molecule has 270 valence electrons. The Bertz CT molecular complexity index is 3140. The lowest BCUT2D eigenvalue weighted by Gasteiger charge is -2.28. The Morgan fingerprint density at radius 1 is 0.526 bits per heavy atom. The highest BCUT2D eigenvalue weighted by Gasteiger charge is 2.37. The molecule has 12 rings (SSSR count). The molecule has 6 aromatic carbocycles. The zero-order chi connectivity index (χ0) is 37.5. The van der Waals surface area contributed by atoms with E-state index < -0.39 is 0 Å². The maximum Gasteiger partial charge on any atom is 0.0965 e. The molecule has 0 bridgehead atoms. The van der Waals surface area contributed by atoms with Crippen LogP contribution in [0.25, 0.3) is 72.7 Å². The molecule has 1 aliphatic heterocycles. The molecule has 0 amide bonds. The number of rotatable bonds is 5. The number of nitrogens with zero attached hydrogens (tertiary/aromatic N) is 5. The summed E-state index contributed by atoms with van der Waals surface area (Å²) in [5, 5.41) is 3.80. The van der Waals surface area contributed by atoms with Crippen molar-refractivity contribution in [1.82, 2.24) is 19.1 Å². The molecule has 5 nitrogen and oxygen atoms in total. The molecule has 2 unspecified atom stereocenters. The number of aromatic nitrogens is 4. The molecule has 2 aliphatic carbocycles. The Kier molecular flexibility index (Phi) is 7.11. The van der Waals surface area contributed by atoms with E-state index in [4.69, 9.17) is 9.97 Å². The van der Waals surface area contributed by atoms with Gasteiger partial charge in [0.15, 0.2) is 0 Å². The highest BCUT2D eigenvalue weighted by atomic mass is 15.2. The summed E-state index contributed by atoms with van der Waals surface area (Å²) in [5.74, 6) is 0.325. The van der Waals surface area contributed by atoms with Gasteiger partial charge in [-0.15, -0.1) is 0 Å². The van der Waals surface area contributed by atoms with E-state index in [0.717, 1.165) is 41.0 Å². The van der Waals surface area contributed by atoms with Crippen molar-refractivity contribution in [2.45, 2.75) is 24.8 Å². The Labute approximate surface area is 330 Å². The second-order valence-electron chi connectivity index (χ2n) is 15.3. The number of anilines is 2.